The van der Waals surface area contributed by atoms with E-state index in [4.69, 9.17) is 5.73 Å². The monoisotopic (exact) mass is 307 g/mol. The van der Waals surface area contributed by atoms with Crippen molar-refractivity contribution in [1.29, 1.82) is 0 Å². The molecule has 6 heteroatoms. The quantitative estimate of drug-likeness (QED) is 0.694. The van der Waals surface area contributed by atoms with Gasteiger partial charge in [0.05, 0.1) is 11.9 Å². The summed E-state index contributed by atoms with van der Waals surface area (Å²) >= 11 is 0. The Labute approximate surface area is 133 Å². The van der Waals surface area contributed by atoms with Crippen LogP contribution in [0.15, 0.2) is 60.8 Å². The number of hydrogen-bond acceptors (Lipinski definition) is 3. The van der Waals surface area contributed by atoms with Crippen molar-refractivity contribution in [3.05, 3.63) is 66.4 Å². The van der Waals surface area contributed by atoms with Crippen LogP contribution in [0.3, 0.4) is 0 Å². The second-order valence-electron chi connectivity index (χ2n) is 5.15. The highest BCUT2D eigenvalue weighted by molar-refractivity contribution is 5.95. The lowest BCUT2D eigenvalue weighted by atomic mass is 10.2. The lowest BCUT2D eigenvalue weighted by Crippen LogP contribution is -2.28. The summed E-state index contributed by atoms with van der Waals surface area (Å²) in [5, 5.41) is 2.74. The maximum atomic E-state index is 12.0. The molecule has 0 saturated carbocycles. The van der Waals surface area contributed by atoms with Crippen molar-refractivity contribution in [2.75, 3.05) is 16.5 Å². The highest BCUT2D eigenvalue weighted by atomic mass is 16.2. The first-order valence-electron chi connectivity index (χ1n) is 7.17. The highest BCUT2D eigenvalue weighted by Gasteiger charge is 2.09. The molecule has 0 saturated heterocycles. The fraction of sp³-hybridized carbons (Fsp3) is 0.0588. The summed E-state index contributed by atoms with van der Waals surface area (Å²) in [6, 6.07) is 16.8. The van der Waals surface area contributed by atoms with E-state index in [2.05, 4.69) is 15.7 Å². The molecule has 116 valence electrons. The summed E-state index contributed by atoms with van der Waals surface area (Å²) in [5.74, 6) is 0.211. The Morgan fingerprint density at radius 2 is 1.78 bits per heavy atom. The lowest BCUT2D eigenvalue weighted by molar-refractivity contribution is 0.260. The molecule has 23 heavy (non-hydrogen) atoms. The van der Waals surface area contributed by atoms with Crippen molar-refractivity contribution in [3.8, 4) is 11.3 Å². The molecule has 3 aromatic rings. The first-order chi connectivity index (χ1) is 11.1. The van der Waals surface area contributed by atoms with Crippen LogP contribution < -0.4 is 16.5 Å². The topological polar surface area (TPSA) is 85.0 Å². The third-order valence-electron chi connectivity index (χ3n) is 3.33. The number of hydrogen-bond donors (Lipinski definition) is 3. The number of amides is 2. The van der Waals surface area contributed by atoms with Gasteiger partial charge in [-0.05, 0) is 19.1 Å². The second-order valence-corrected chi connectivity index (χ2v) is 5.15. The van der Waals surface area contributed by atoms with Gasteiger partial charge in [0.2, 0.25) is 5.95 Å². The van der Waals surface area contributed by atoms with Crippen molar-refractivity contribution < 1.29 is 4.79 Å². The van der Waals surface area contributed by atoms with E-state index < -0.39 is 6.03 Å². The van der Waals surface area contributed by atoms with Crippen LogP contribution >= 0.6 is 0 Å². The number of nitrogen functional groups attached to an aromatic ring is 1. The van der Waals surface area contributed by atoms with E-state index in [-0.39, 0.29) is 5.95 Å². The number of anilines is 2. The molecule has 0 spiro atoms. The molecule has 2 aromatic carbocycles. The van der Waals surface area contributed by atoms with E-state index in [1.54, 1.807) is 6.20 Å². The maximum absolute atomic E-state index is 12.0. The minimum Gasteiger partial charge on any atom is -0.368 e. The van der Waals surface area contributed by atoms with Gasteiger partial charge in [-0.2, -0.15) is 0 Å². The zero-order chi connectivity index (χ0) is 16.2. The molecule has 1 aromatic heterocycles. The number of aromatic nitrogens is 2. The van der Waals surface area contributed by atoms with Crippen molar-refractivity contribution in [2.45, 2.75) is 6.92 Å². The number of nitrogens with zero attached hydrogens (tertiary/aromatic N) is 2. The predicted molar refractivity (Wildman–Crippen MR) is 91.6 cm³/mol. The molecule has 3 rings (SSSR count). The van der Waals surface area contributed by atoms with Crippen LogP contribution in [0.4, 0.5) is 16.4 Å². The smallest absolute Gasteiger partial charge is 0.338 e. The molecule has 0 aliphatic rings. The van der Waals surface area contributed by atoms with Gasteiger partial charge in [-0.3, -0.25) is 0 Å². The number of urea groups is 1. The molecular formula is C17H17N5O. The highest BCUT2D eigenvalue weighted by Crippen LogP contribution is 2.18. The van der Waals surface area contributed by atoms with Crippen molar-refractivity contribution in [3.63, 3.8) is 0 Å². The number of nitrogens with one attached hydrogen (secondary N) is 2. The van der Waals surface area contributed by atoms with Crippen LogP contribution in [0, 0.1) is 6.92 Å². The molecule has 0 aliphatic heterocycles. The Balaban J connectivity index is 1.71. The third-order valence-corrected chi connectivity index (χ3v) is 3.33. The van der Waals surface area contributed by atoms with E-state index in [9.17, 15) is 4.79 Å². The fourth-order valence-electron chi connectivity index (χ4n) is 2.14. The van der Waals surface area contributed by atoms with Crippen LogP contribution in [-0.4, -0.2) is 15.7 Å². The SMILES string of the molecule is Cc1ccc(NC(=O)Nn2cc(-c3ccccc3)nc2N)cc1. The summed E-state index contributed by atoms with van der Waals surface area (Å²) in [6.07, 6.45) is 1.68. The zero-order valence-corrected chi connectivity index (χ0v) is 12.7. The van der Waals surface area contributed by atoms with Gasteiger partial charge < -0.3 is 11.1 Å². The van der Waals surface area contributed by atoms with Gasteiger partial charge in [-0.25, -0.2) is 19.9 Å². The zero-order valence-electron chi connectivity index (χ0n) is 12.7. The molecular weight excluding hydrogens is 290 g/mol. The summed E-state index contributed by atoms with van der Waals surface area (Å²) in [5.41, 5.74) is 11.9. The second kappa shape index (κ2) is 6.23. The summed E-state index contributed by atoms with van der Waals surface area (Å²) in [4.78, 5) is 16.3. The van der Waals surface area contributed by atoms with Gasteiger partial charge in [-0.15, -0.1) is 0 Å². The largest absolute Gasteiger partial charge is 0.368 e. The van der Waals surface area contributed by atoms with Gasteiger partial charge >= 0.3 is 6.03 Å². The number of benzene rings is 2. The van der Waals surface area contributed by atoms with Crippen LogP contribution in [0.25, 0.3) is 11.3 Å². The number of aryl methyl sites for hydroxylation is 1. The average Bonchev–Trinajstić information content (AvgIpc) is 2.91. The van der Waals surface area contributed by atoms with Crippen molar-refractivity contribution >= 4 is 17.7 Å². The molecule has 1 heterocycles. The number of carbonyl (C=O) groups excluding carboxylic acids is 1. The Kier molecular flexibility index (Phi) is 3.97. The molecule has 6 nitrogen and oxygen atoms in total. The first-order valence-corrected chi connectivity index (χ1v) is 7.17. The maximum Gasteiger partial charge on any atom is 0.338 e. The first kappa shape index (κ1) is 14.6. The molecule has 0 radical (unpaired) electrons. The molecule has 4 N–H and O–H groups in total. The van der Waals surface area contributed by atoms with E-state index >= 15 is 0 Å². The molecule has 0 fully saturated rings. The van der Waals surface area contributed by atoms with Crippen LogP contribution in [-0.2, 0) is 0 Å². The van der Waals surface area contributed by atoms with Crippen molar-refractivity contribution in [1.82, 2.24) is 9.66 Å². The summed E-state index contributed by atoms with van der Waals surface area (Å²) < 4.78 is 1.39. The molecule has 2 amide bonds. The number of nitrogens with two attached hydrogens (primary N) is 1. The average molecular weight is 307 g/mol. The number of imidazole rings is 1. The van der Waals surface area contributed by atoms with Gasteiger partial charge in [0.1, 0.15) is 0 Å². The van der Waals surface area contributed by atoms with E-state index in [1.807, 2.05) is 61.5 Å². The lowest BCUT2D eigenvalue weighted by Gasteiger charge is -2.09. The normalized spacial score (nSPS) is 10.3. The fourth-order valence-corrected chi connectivity index (χ4v) is 2.14. The van der Waals surface area contributed by atoms with E-state index in [0.29, 0.717) is 11.4 Å². The summed E-state index contributed by atoms with van der Waals surface area (Å²) in [6.45, 7) is 1.99. The van der Waals surface area contributed by atoms with Gasteiger partial charge in [0.25, 0.3) is 0 Å². The van der Waals surface area contributed by atoms with E-state index in [0.717, 1.165) is 11.1 Å². The van der Waals surface area contributed by atoms with Crippen LogP contribution in [0.5, 0.6) is 0 Å². The van der Waals surface area contributed by atoms with Crippen LogP contribution in [0.1, 0.15) is 5.56 Å². The minimum atomic E-state index is -0.391. The number of carbonyl (C=O) groups is 1. The molecule has 0 atom stereocenters. The molecule has 0 aliphatic carbocycles. The molecule has 0 bridgehead atoms. The van der Waals surface area contributed by atoms with Crippen molar-refractivity contribution in [2.24, 2.45) is 0 Å². The third kappa shape index (κ3) is 3.49. The Bertz CT molecular complexity index is 809. The Hall–Kier alpha value is -3.28. The Morgan fingerprint density at radius 3 is 2.48 bits per heavy atom. The van der Waals surface area contributed by atoms with Gasteiger partial charge in [-0.1, -0.05) is 48.0 Å². The Morgan fingerprint density at radius 1 is 1.09 bits per heavy atom. The summed E-state index contributed by atoms with van der Waals surface area (Å²) in [7, 11) is 0. The standard InChI is InChI=1S/C17H17N5O/c1-12-7-9-14(10-8-12)19-17(23)21-22-11-15(20-16(22)18)13-5-3-2-4-6-13/h2-11H,1H3,(H2,18,20)(H2,19,21,23). The molecule has 0 unspecified atom stereocenters. The predicted octanol–water partition coefficient (Wildman–Crippen LogP) is 3.22. The number of rotatable bonds is 3. The van der Waals surface area contributed by atoms with E-state index in [1.165, 1.54) is 4.68 Å². The van der Waals surface area contributed by atoms with Crippen LogP contribution in [0.2, 0.25) is 0 Å². The van der Waals surface area contributed by atoms with Gasteiger partial charge in [0.15, 0.2) is 0 Å². The van der Waals surface area contributed by atoms with Gasteiger partial charge in [0, 0.05) is 11.3 Å². The minimum absolute atomic E-state index is 0.211.